The summed E-state index contributed by atoms with van der Waals surface area (Å²) in [6.45, 7) is 0.464. The van der Waals surface area contributed by atoms with Gasteiger partial charge in [0.2, 0.25) is 0 Å². The Bertz CT molecular complexity index is 83.7. The molecule has 0 aromatic heterocycles. The molecule has 1 saturated heterocycles. The summed E-state index contributed by atoms with van der Waals surface area (Å²) in [4.78, 5) is 9.99. The Morgan fingerprint density at radius 1 is 2.00 bits per heavy atom. The normalized spacial score (nSPS) is 28.7. The molecule has 3 nitrogen and oxygen atoms in total. The Morgan fingerprint density at radius 3 is 2.71 bits per heavy atom. The van der Waals surface area contributed by atoms with Crippen molar-refractivity contribution < 1.29 is 9.53 Å². The van der Waals surface area contributed by atoms with Gasteiger partial charge < -0.3 is 10.5 Å². The molecule has 7 heavy (non-hydrogen) atoms. The lowest BCUT2D eigenvalue weighted by molar-refractivity contribution is -0.168. The Morgan fingerprint density at radius 2 is 2.57 bits per heavy atom. The molecule has 0 saturated carbocycles. The van der Waals surface area contributed by atoms with E-state index in [9.17, 15) is 4.79 Å². The minimum Gasteiger partial charge on any atom is -0.460 e. The molecule has 0 aromatic carbocycles. The first-order valence-corrected chi connectivity index (χ1v) is 2.22. The van der Waals surface area contributed by atoms with Crippen molar-refractivity contribution in [3.63, 3.8) is 0 Å². The van der Waals surface area contributed by atoms with Crippen molar-refractivity contribution in [1.29, 1.82) is 0 Å². The first-order chi connectivity index (χ1) is 3.33. The molecule has 0 radical (unpaired) electrons. The number of ether oxygens (including phenoxy) is 1. The number of hydrogen-bond donors (Lipinski definition) is 1. The zero-order valence-corrected chi connectivity index (χ0v) is 3.89. The number of cyclic esters (lactones) is 1. The summed E-state index contributed by atoms with van der Waals surface area (Å²) >= 11 is 0. The van der Waals surface area contributed by atoms with Crippen LogP contribution in [0.4, 0.5) is 0 Å². The quantitative estimate of drug-likeness (QED) is 0.442. The fourth-order valence-electron chi connectivity index (χ4n) is 0.494. The summed E-state index contributed by atoms with van der Waals surface area (Å²) in [5.74, 6) is -0.129. The molecule has 3 heteroatoms. The summed E-state index contributed by atoms with van der Waals surface area (Å²) in [6.07, 6.45) is 0.531. The second-order valence-corrected chi connectivity index (χ2v) is 1.55. The maximum absolute atomic E-state index is 9.99. The zero-order chi connectivity index (χ0) is 5.28. The third-order valence-corrected chi connectivity index (χ3v) is 0.955. The highest BCUT2D eigenvalue weighted by Gasteiger charge is 2.26. The van der Waals surface area contributed by atoms with E-state index in [2.05, 4.69) is 4.74 Å². The van der Waals surface area contributed by atoms with E-state index in [1.807, 2.05) is 0 Å². The molecule has 1 heterocycles. The van der Waals surface area contributed by atoms with Crippen molar-refractivity contribution in [3.05, 3.63) is 0 Å². The molecule has 2 N–H and O–H groups in total. The summed E-state index contributed by atoms with van der Waals surface area (Å²) in [5.41, 5.74) is 5.12. The number of rotatable bonds is 1. The molecular formula is C4H7NO2. The SMILES string of the molecule is NC[C@H]1CC(=O)O1. The van der Waals surface area contributed by atoms with Crippen molar-refractivity contribution in [3.8, 4) is 0 Å². The molecule has 40 valence electrons. The molecule has 1 atom stereocenters. The van der Waals surface area contributed by atoms with Gasteiger partial charge >= 0.3 is 5.97 Å². The van der Waals surface area contributed by atoms with Gasteiger partial charge in [0, 0.05) is 6.54 Å². The predicted molar refractivity (Wildman–Crippen MR) is 23.6 cm³/mol. The third kappa shape index (κ3) is 0.718. The van der Waals surface area contributed by atoms with E-state index in [-0.39, 0.29) is 12.1 Å². The fraction of sp³-hybridized carbons (Fsp3) is 0.750. The number of carbonyl (C=O) groups excluding carboxylic acids is 1. The second kappa shape index (κ2) is 1.50. The molecule has 1 rings (SSSR count). The third-order valence-electron chi connectivity index (χ3n) is 0.955. The van der Waals surface area contributed by atoms with Gasteiger partial charge in [-0.2, -0.15) is 0 Å². The van der Waals surface area contributed by atoms with Gasteiger partial charge in [0.15, 0.2) is 0 Å². The number of hydrogen-bond acceptors (Lipinski definition) is 3. The summed E-state index contributed by atoms with van der Waals surface area (Å²) in [6, 6.07) is 0. The molecule has 0 aromatic rings. The first kappa shape index (κ1) is 4.59. The van der Waals surface area contributed by atoms with Crippen LogP contribution in [0.5, 0.6) is 0 Å². The van der Waals surface area contributed by atoms with Gasteiger partial charge in [-0.25, -0.2) is 0 Å². The van der Waals surface area contributed by atoms with Crippen LogP contribution in [0.3, 0.4) is 0 Å². The van der Waals surface area contributed by atoms with E-state index in [0.717, 1.165) is 0 Å². The maximum Gasteiger partial charge on any atom is 0.309 e. The van der Waals surface area contributed by atoms with Gasteiger partial charge in [-0.1, -0.05) is 0 Å². The Labute approximate surface area is 41.4 Å². The minimum absolute atomic E-state index is 0.0208. The van der Waals surface area contributed by atoms with Gasteiger partial charge in [-0.15, -0.1) is 0 Å². The van der Waals surface area contributed by atoms with Gasteiger partial charge in [-0.05, 0) is 0 Å². The fourth-order valence-corrected chi connectivity index (χ4v) is 0.494. The topological polar surface area (TPSA) is 52.3 Å². The van der Waals surface area contributed by atoms with Crippen molar-refractivity contribution in [1.82, 2.24) is 0 Å². The molecule has 0 bridgehead atoms. The van der Waals surface area contributed by atoms with Gasteiger partial charge in [0.25, 0.3) is 0 Å². The largest absolute Gasteiger partial charge is 0.460 e. The molecular weight excluding hydrogens is 94.0 g/mol. The van der Waals surface area contributed by atoms with Gasteiger partial charge in [-0.3, -0.25) is 4.79 Å². The van der Waals surface area contributed by atoms with E-state index >= 15 is 0 Å². The standard InChI is InChI=1S/C4H7NO2/c5-2-3-1-4(6)7-3/h3H,1-2,5H2/t3-/m1/s1. The van der Waals surface area contributed by atoms with Crippen molar-refractivity contribution >= 4 is 5.97 Å². The molecule has 0 aliphatic carbocycles. The lowest BCUT2D eigenvalue weighted by atomic mass is 10.2. The number of nitrogens with two attached hydrogens (primary N) is 1. The predicted octanol–water partition coefficient (Wildman–Crippen LogP) is -0.739. The summed E-state index contributed by atoms with van der Waals surface area (Å²) in [5, 5.41) is 0. The van der Waals surface area contributed by atoms with Crippen molar-refractivity contribution in [2.24, 2.45) is 5.73 Å². The van der Waals surface area contributed by atoms with Crippen molar-refractivity contribution in [2.75, 3.05) is 6.54 Å². The molecule has 1 aliphatic heterocycles. The molecule has 1 fully saturated rings. The number of carbonyl (C=O) groups is 1. The molecule has 0 amide bonds. The second-order valence-electron chi connectivity index (χ2n) is 1.55. The van der Waals surface area contributed by atoms with Crippen LogP contribution in [0.2, 0.25) is 0 Å². The maximum atomic E-state index is 9.99. The van der Waals surface area contributed by atoms with E-state index in [1.54, 1.807) is 0 Å². The van der Waals surface area contributed by atoms with Crippen LogP contribution >= 0.6 is 0 Å². The number of esters is 1. The molecule has 0 spiro atoms. The highest BCUT2D eigenvalue weighted by Crippen LogP contribution is 2.09. The van der Waals surface area contributed by atoms with E-state index < -0.39 is 0 Å². The van der Waals surface area contributed by atoms with Crippen LogP contribution < -0.4 is 5.73 Å². The Kier molecular flexibility index (Phi) is 0.982. The van der Waals surface area contributed by atoms with Crippen LogP contribution in [0.25, 0.3) is 0 Å². The van der Waals surface area contributed by atoms with Crippen LogP contribution in [0.15, 0.2) is 0 Å². The van der Waals surface area contributed by atoms with E-state index in [4.69, 9.17) is 5.73 Å². The van der Waals surface area contributed by atoms with Crippen LogP contribution in [0, 0.1) is 0 Å². The summed E-state index contributed by atoms with van der Waals surface area (Å²) in [7, 11) is 0. The van der Waals surface area contributed by atoms with E-state index in [0.29, 0.717) is 13.0 Å². The smallest absolute Gasteiger partial charge is 0.309 e. The lowest BCUT2D eigenvalue weighted by Gasteiger charge is -2.23. The monoisotopic (exact) mass is 101 g/mol. The van der Waals surface area contributed by atoms with Crippen LogP contribution in [0.1, 0.15) is 6.42 Å². The van der Waals surface area contributed by atoms with Crippen LogP contribution in [-0.2, 0) is 9.53 Å². The highest BCUT2D eigenvalue weighted by molar-refractivity contribution is 5.75. The highest BCUT2D eigenvalue weighted by atomic mass is 16.6. The Balaban J connectivity index is 2.17. The first-order valence-electron chi connectivity index (χ1n) is 2.22. The van der Waals surface area contributed by atoms with E-state index in [1.165, 1.54) is 0 Å². The van der Waals surface area contributed by atoms with Crippen molar-refractivity contribution in [2.45, 2.75) is 12.5 Å². The van der Waals surface area contributed by atoms with Gasteiger partial charge in [0.05, 0.1) is 6.42 Å². The summed E-state index contributed by atoms with van der Waals surface area (Å²) < 4.78 is 4.52. The molecule has 1 aliphatic rings. The lowest BCUT2D eigenvalue weighted by Crippen LogP contribution is -2.38. The average molecular weight is 101 g/mol. The molecule has 0 unspecified atom stereocenters. The average Bonchev–Trinajstić information content (AvgIpc) is 1.58. The minimum atomic E-state index is -0.129. The Hall–Kier alpha value is -0.570. The zero-order valence-electron chi connectivity index (χ0n) is 3.89. The van der Waals surface area contributed by atoms with Crippen LogP contribution in [-0.4, -0.2) is 18.6 Å². The van der Waals surface area contributed by atoms with Gasteiger partial charge in [0.1, 0.15) is 6.10 Å².